The van der Waals surface area contributed by atoms with E-state index in [0.29, 0.717) is 30.7 Å². The number of piperazine rings is 1. The standard InChI is InChI=1S/C23H30ClFN4O2/c1-16(2)14-29-23(24)19(17(3)26-29)6-8-22(30)28-11-9-27(10-12-28)15-18-5-7-21(31-4)20(25)13-18/h5-8,13,16H,9-12,14-15H2,1-4H3/b8-6+. The van der Waals surface area contributed by atoms with E-state index >= 15 is 0 Å². The summed E-state index contributed by atoms with van der Waals surface area (Å²) in [6.07, 6.45) is 3.33. The van der Waals surface area contributed by atoms with E-state index < -0.39 is 0 Å². The SMILES string of the molecule is COc1ccc(CN2CCN(C(=O)/C=C/c3c(C)nn(CC(C)C)c3Cl)CC2)cc1F. The van der Waals surface area contributed by atoms with Crippen LogP contribution in [0.1, 0.15) is 30.7 Å². The summed E-state index contributed by atoms with van der Waals surface area (Å²) in [6, 6.07) is 5.02. The molecule has 0 radical (unpaired) electrons. The first kappa shape index (κ1) is 23.3. The maximum absolute atomic E-state index is 13.9. The van der Waals surface area contributed by atoms with Crippen LogP contribution in [0.2, 0.25) is 5.15 Å². The molecule has 0 bridgehead atoms. The molecular formula is C23H30ClFN4O2. The lowest BCUT2D eigenvalue weighted by atomic mass is 10.1. The summed E-state index contributed by atoms with van der Waals surface area (Å²) in [5.74, 6) is 0.281. The Morgan fingerprint density at radius 2 is 2.00 bits per heavy atom. The van der Waals surface area contributed by atoms with Crippen LogP contribution in [0, 0.1) is 18.7 Å². The number of halogens is 2. The molecule has 1 aliphatic heterocycles. The lowest BCUT2D eigenvalue weighted by molar-refractivity contribution is -0.127. The highest BCUT2D eigenvalue weighted by atomic mass is 35.5. The van der Waals surface area contributed by atoms with Crippen molar-refractivity contribution in [2.75, 3.05) is 33.3 Å². The number of hydrogen-bond donors (Lipinski definition) is 0. The van der Waals surface area contributed by atoms with E-state index in [1.807, 2.05) is 17.9 Å². The molecule has 1 saturated heterocycles. The molecule has 8 heteroatoms. The summed E-state index contributed by atoms with van der Waals surface area (Å²) < 4.78 is 20.6. The fraction of sp³-hybridized carbons (Fsp3) is 0.478. The van der Waals surface area contributed by atoms with Crippen LogP contribution in [0.25, 0.3) is 6.08 Å². The smallest absolute Gasteiger partial charge is 0.246 e. The van der Waals surface area contributed by atoms with Gasteiger partial charge in [-0.1, -0.05) is 31.5 Å². The van der Waals surface area contributed by atoms with Gasteiger partial charge in [0.1, 0.15) is 5.15 Å². The molecule has 0 saturated carbocycles. The van der Waals surface area contributed by atoms with Gasteiger partial charge in [0.25, 0.3) is 0 Å². The van der Waals surface area contributed by atoms with Crippen molar-refractivity contribution in [3.05, 3.63) is 52.1 Å². The second-order valence-corrected chi connectivity index (χ2v) is 8.63. The molecule has 0 spiro atoms. The first-order valence-electron chi connectivity index (χ1n) is 10.5. The van der Waals surface area contributed by atoms with E-state index in [1.165, 1.54) is 13.2 Å². The molecule has 0 atom stereocenters. The minimum Gasteiger partial charge on any atom is -0.494 e. The number of rotatable bonds is 7. The molecule has 3 rings (SSSR count). The lowest BCUT2D eigenvalue weighted by Gasteiger charge is -2.34. The number of nitrogens with zero attached hydrogens (tertiary/aromatic N) is 4. The van der Waals surface area contributed by atoms with Crippen molar-refractivity contribution in [1.29, 1.82) is 0 Å². The molecule has 2 aromatic rings. The van der Waals surface area contributed by atoms with E-state index in [9.17, 15) is 9.18 Å². The van der Waals surface area contributed by atoms with Crippen molar-refractivity contribution >= 4 is 23.6 Å². The minimum absolute atomic E-state index is 0.0396. The summed E-state index contributed by atoms with van der Waals surface area (Å²) in [4.78, 5) is 16.7. The number of methoxy groups -OCH3 is 1. The third kappa shape index (κ3) is 5.86. The second kappa shape index (κ2) is 10.3. The van der Waals surface area contributed by atoms with Gasteiger partial charge in [0.15, 0.2) is 11.6 Å². The van der Waals surface area contributed by atoms with E-state index in [1.54, 1.807) is 22.9 Å². The third-order valence-corrected chi connectivity index (χ3v) is 5.75. The Morgan fingerprint density at radius 1 is 1.29 bits per heavy atom. The van der Waals surface area contributed by atoms with E-state index in [4.69, 9.17) is 16.3 Å². The van der Waals surface area contributed by atoms with Crippen LogP contribution >= 0.6 is 11.6 Å². The zero-order valence-corrected chi connectivity index (χ0v) is 19.3. The second-order valence-electron chi connectivity index (χ2n) is 8.27. The average Bonchev–Trinajstić information content (AvgIpc) is 2.99. The Bertz CT molecular complexity index is 949. The molecule has 1 amide bonds. The van der Waals surface area contributed by atoms with E-state index in [2.05, 4.69) is 23.8 Å². The van der Waals surface area contributed by atoms with Crippen molar-refractivity contribution in [1.82, 2.24) is 19.6 Å². The van der Waals surface area contributed by atoms with Crippen molar-refractivity contribution in [2.24, 2.45) is 5.92 Å². The summed E-state index contributed by atoms with van der Waals surface area (Å²) in [5.41, 5.74) is 2.49. The van der Waals surface area contributed by atoms with Crippen LogP contribution in [0.3, 0.4) is 0 Å². The van der Waals surface area contributed by atoms with Gasteiger partial charge < -0.3 is 9.64 Å². The van der Waals surface area contributed by atoms with Crippen LogP contribution in [-0.2, 0) is 17.9 Å². The molecule has 6 nitrogen and oxygen atoms in total. The maximum Gasteiger partial charge on any atom is 0.246 e. The number of aryl methyl sites for hydroxylation is 1. The van der Waals surface area contributed by atoms with Crippen molar-refractivity contribution in [3.63, 3.8) is 0 Å². The van der Waals surface area contributed by atoms with Crippen molar-refractivity contribution < 1.29 is 13.9 Å². The Balaban J connectivity index is 1.55. The zero-order chi connectivity index (χ0) is 22.5. The fourth-order valence-electron chi connectivity index (χ4n) is 3.68. The summed E-state index contributed by atoms with van der Waals surface area (Å²) >= 11 is 6.45. The largest absolute Gasteiger partial charge is 0.494 e. The first-order chi connectivity index (χ1) is 14.8. The van der Waals surface area contributed by atoms with E-state index in [-0.39, 0.29) is 17.5 Å². The van der Waals surface area contributed by atoms with Gasteiger partial charge in [0.2, 0.25) is 5.91 Å². The molecular weight excluding hydrogens is 419 g/mol. The highest BCUT2D eigenvalue weighted by Gasteiger charge is 2.20. The Labute approximate surface area is 188 Å². The Morgan fingerprint density at radius 3 is 2.61 bits per heavy atom. The summed E-state index contributed by atoms with van der Waals surface area (Å²) in [5, 5.41) is 5.04. The lowest BCUT2D eigenvalue weighted by Crippen LogP contribution is -2.47. The quantitative estimate of drug-likeness (QED) is 0.600. The number of benzene rings is 1. The summed E-state index contributed by atoms with van der Waals surface area (Å²) in [7, 11) is 1.45. The van der Waals surface area contributed by atoms with Crippen molar-refractivity contribution in [2.45, 2.75) is 33.9 Å². The predicted octanol–water partition coefficient (Wildman–Crippen LogP) is 4.01. The molecule has 1 fully saturated rings. The van der Waals surface area contributed by atoms with Gasteiger partial charge in [0, 0.05) is 50.9 Å². The molecule has 2 heterocycles. The van der Waals surface area contributed by atoms with Crippen LogP contribution < -0.4 is 4.74 Å². The van der Waals surface area contributed by atoms with Crippen LogP contribution in [0.15, 0.2) is 24.3 Å². The van der Waals surface area contributed by atoms with Gasteiger partial charge in [0.05, 0.1) is 12.8 Å². The molecule has 1 aromatic carbocycles. The van der Waals surface area contributed by atoms with Gasteiger partial charge >= 0.3 is 0 Å². The average molecular weight is 449 g/mol. The number of aromatic nitrogens is 2. The normalized spacial score (nSPS) is 15.3. The monoisotopic (exact) mass is 448 g/mol. The van der Waals surface area contributed by atoms with E-state index in [0.717, 1.165) is 36.5 Å². The predicted molar refractivity (Wildman–Crippen MR) is 121 cm³/mol. The molecule has 0 aliphatic carbocycles. The van der Waals surface area contributed by atoms with Crippen LogP contribution in [0.5, 0.6) is 5.75 Å². The molecule has 168 valence electrons. The molecule has 1 aliphatic rings. The number of ether oxygens (including phenoxy) is 1. The van der Waals surface area contributed by atoms with Gasteiger partial charge in [-0.05, 0) is 36.6 Å². The van der Waals surface area contributed by atoms with Gasteiger partial charge in [-0.25, -0.2) is 4.39 Å². The minimum atomic E-state index is -0.357. The number of amides is 1. The topological polar surface area (TPSA) is 50.6 Å². The Kier molecular flexibility index (Phi) is 7.73. The molecule has 31 heavy (non-hydrogen) atoms. The number of carbonyl (C=O) groups is 1. The van der Waals surface area contributed by atoms with Gasteiger partial charge in [-0.15, -0.1) is 0 Å². The Hall–Kier alpha value is -2.38. The maximum atomic E-state index is 13.9. The summed E-state index contributed by atoms with van der Waals surface area (Å²) in [6.45, 7) is 10.2. The fourth-order valence-corrected chi connectivity index (χ4v) is 3.98. The first-order valence-corrected chi connectivity index (χ1v) is 10.9. The molecule has 1 aromatic heterocycles. The van der Waals surface area contributed by atoms with Crippen LogP contribution in [-0.4, -0.2) is 58.8 Å². The van der Waals surface area contributed by atoms with Crippen LogP contribution in [0.4, 0.5) is 4.39 Å². The van der Waals surface area contributed by atoms with Gasteiger partial charge in [-0.2, -0.15) is 5.10 Å². The third-order valence-electron chi connectivity index (χ3n) is 5.35. The highest BCUT2D eigenvalue weighted by molar-refractivity contribution is 6.31. The zero-order valence-electron chi connectivity index (χ0n) is 18.6. The highest BCUT2D eigenvalue weighted by Crippen LogP contribution is 2.23. The number of carbonyl (C=O) groups excluding carboxylic acids is 1. The van der Waals surface area contributed by atoms with Gasteiger partial charge in [-0.3, -0.25) is 14.4 Å². The molecule has 0 unspecified atom stereocenters. The number of hydrogen-bond acceptors (Lipinski definition) is 4. The van der Waals surface area contributed by atoms with Crippen molar-refractivity contribution in [3.8, 4) is 5.75 Å². The molecule has 0 N–H and O–H groups in total.